The molecule has 0 unspecified atom stereocenters. The molecule has 0 amide bonds. The van der Waals surface area contributed by atoms with Crippen LogP contribution in [-0.2, 0) is 0 Å². The molecule has 0 saturated heterocycles. The molecule has 0 aliphatic rings. The van der Waals surface area contributed by atoms with Gasteiger partial charge in [0.2, 0.25) is 5.75 Å². The molecule has 0 N–H and O–H groups in total. The molecule has 112 valence electrons. The highest BCUT2D eigenvalue weighted by molar-refractivity contribution is 6.30. The van der Waals surface area contributed by atoms with Crippen LogP contribution in [0.15, 0.2) is 51.7 Å². The molecule has 0 bridgehead atoms. The SMILES string of the molecule is COc1cc(Cl)ccc1Oc1c(C)c2ccccc2oc1=O. The van der Waals surface area contributed by atoms with Crippen LogP contribution in [0, 0.1) is 6.92 Å². The van der Waals surface area contributed by atoms with Crippen LogP contribution in [0.5, 0.6) is 17.2 Å². The zero-order chi connectivity index (χ0) is 15.7. The van der Waals surface area contributed by atoms with Gasteiger partial charge < -0.3 is 13.9 Å². The summed E-state index contributed by atoms with van der Waals surface area (Å²) in [5, 5.41) is 1.34. The molecule has 2 aromatic carbocycles. The first-order chi connectivity index (χ1) is 10.6. The average Bonchev–Trinajstić information content (AvgIpc) is 2.52. The van der Waals surface area contributed by atoms with Crippen molar-refractivity contribution < 1.29 is 13.9 Å². The minimum Gasteiger partial charge on any atom is -0.493 e. The first-order valence-electron chi connectivity index (χ1n) is 6.64. The lowest BCUT2D eigenvalue weighted by molar-refractivity contribution is 0.369. The van der Waals surface area contributed by atoms with Gasteiger partial charge in [0.25, 0.3) is 0 Å². The van der Waals surface area contributed by atoms with Gasteiger partial charge in [-0.05, 0) is 25.1 Å². The molecule has 0 fully saturated rings. The molecule has 4 nitrogen and oxygen atoms in total. The van der Waals surface area contributed by atoms with Crippen molar-refractivity contribution in [3.63, 3.8) is 0 Å². The summed E-state index contributed by atoms with van der Waals surface area (Å²) in [7, 11) is 1.51. The van der Waals surface area contributed by atoms with Crippen LogP contribution in [0.2, 0.25) is 5.02 Å². The number of benzene rings is 2. The Morgan fingerprint density at radius 2 is 1.86 bits per heavy atom. The van der Waals surface area contributed by atoms with E-state index in [1.54, 1.807) is 24.3 Å². The van der Waals surface area contributed by atoms with Crippen molar-refractivity contribution in [2.75, 3.05) is 7.11 Å². The molecule has 22 heavy (non-hydrogen) atoms. The molecule has 1 heterocycles. The Balaban J connectivity index is 2.14. The summed E-state index contributed by atoms with van der Waals surface area (Å²) >= 11 is 5.92. The van der Waals surface area contributed by atoms with Gasteiger partial charge in [-0.3, -0.25) is 0 Å². The molecule has 0 aliphatic heterocycles. The van der Waals surface area contributed by atoms with Crippen molar-refractivity contribution in [3.05, 3.63) is 63.5 Å². The fourth-order valence-electron chi connectivity index (χ4n) is 2.24. The Hall–Kier alpha value is -2.46. The lowest BCUT2D eigenvalue weighted by Crippen LogP contribution is -2.06. The molecular weight excluding hydrogens is 304 g/mol. The van der Waals surface area contributed by atoms with E-state index >= 15 is 0 Å². The fourth-order valence-corrected chi connectivity index (χ4v) is 2.40. The summed E-state index contributed by atoms with van der Waals surface area (Å²) in [6.45, 7) is 1.82. The van der Waals surface area contributed by atoms with E-state index in [4.69, 9.17) is 25.5 Å². The molecule has 0 aliphatic carbocycles. The number of methoxy groups -OCH3 is 1. The van der Waals surface area contributed by atoms with Crippen LogP contribution >= 0.6 is 11.6 Å². The van der Waals surface area contributed by atoms with Gasteiger partial charge in [-0.1, -0.05) is 29.8 Å². The zero-order valence-corrected chi connectivity index (χ0v) is 12.8. The highest BCUT2D eigenvalue weighted by Crippen LogP contribution is 2.35. The average molecular weight is 317 g/mol. The molecule has 3 rings (SSSR count). The van der Waals surface area contributed by atoms with Crippen LogP contribution in [0.1, 0.15) is 5.56 Å². The first kappa shape index (κ1) is 14.5. The van der Waals surface area contributed by atoms with E-state index < -0.39 is 5.63 Å². The van der Waals surface area contributed by atoms with E-state index in [1.165, 1.54) is 7.11 Å². The van der Waals surface area contributed by atoms with Crippen molar-refractivity contribution in [2.24, 2.45) is 0 Å². The van der Waals surface area contributed by atoms with Gasteiger partial charge in [-0.15, -0.1) is 0 Å². The Morgan fingerprint density at radius 3 is 2.64 bits per heavy atom. The topological polar surface area (TPSA) is 48.7 Å². The quantitative estimate of drug-likeness (QED) is 0.665. The number of para-hydroxylation sites is 1. The van der Waals surface area contributed by atoms with E-state index in [1.807, 2.05) is 25.1 Å². The number of rotatable bonds is 3. The van der Waals surface area contributed by atoms with E-state index in [0.29, 0.717) is 27.7 Å². The summed E-state index contributed by atoms with van der Waals surface area (Å²) in [6.07, 6.45) is 0. The minimum atomic E-state index is -0.534. The summed E-state index contributed by atoms with van der Waals surface area (Å²) in [5.41, 5.74) is 0.706. The van der Waals surface area contributed by atoms with Crippen LogP contribution in [-0.4, -0.2) is 7.11 Å². The molecule has 0 saturated carbocycles. The zero-order valence-electron chi connectivity index (χ0n) is 12.1. The minimum absolute atomic E-state index is 0.138. The smallest absolute Gasteiger partial charge is 0.379 e. The second-order valence-corrected chi connectivity index (χ2v) is 5.17. The van der Waals surface area contributed by atoms with Crippen molar-refractivity contribution >= 4 is 22.6 Å². The molecular formula is C17H13ClO4. The van der Waals surface area contributed by atoms with Crippen molar-refractivity contribution in [1.82, 2.24) is 0 Å². The van der Waals surface area contributed by atoms with Gasteiger partial charge in [0.1, 0.15) is 5.58 Å². The monoisotopic (exact) mass is 316 g/mol. The van der Waals surface area contributed by atoms with Gasteiger partial charge in [0.15, 0.2) is 11.5 Å². The molecule has 0 spiro atoms. The van der Waals surface area contributed by atoms with Gasteiger partial charge in [-0.25, -0.2) is 4.79 Å². The van der Waals surface area contributed by atoms with Gasteiger partial charge in [-0.2, -0.15) is 0 Å². The first-order valence-corrected chi connectivity index (χ1v) is 7.02. The third-order valence-electron chi connectivity index (χ3n) is 3.36. The Kier molecular flexibility index (Phi) is 3.77. The Bertz CT molecular complexity index is 899. The summed E-state index contributed by atoms with van der Waals surface area (Å²) in [6, 6.07) is 12.2. The van der Waals surface area contributed by atoms with Crippen LogP contribution < -0.4 is 15.1 Å². The van der Waals surface area contributed by atoms with Crippen LogP contribution in [0.3, 0.4) is 0 Å². The number of fused-ring (bicyclic) bond motifs is 1. The lowest BCUT2D eigenvalue weighted by Gasteiger charge is -2.12. The fraction of sp³-hybridized carbons (Fsp3) is 0.118. The molecule has 0 atom stereocenters. The summed E-state index contributed by atoms with van der Waals surface area (Å²) in [5.74, 6) is 0.983. The molecule has 3 aromatic rings. The number of aryl methyl sites for hydroxylation is 1. The van der Waals surface area contributed by atoms with Crippen molar-refractivity contribution in [2.45, 2.75) is 6.92 Å². The van der Waals surface area contributed by atoms with E-state index in [-0.39, 0.29) is 5.75 Å². The summed E-state index contributed by atoms with van der Waals surface area (Å²) < 4.78 is 16.3. The van der Waals surface area contributed by atoms with E-state index in [0.717, 1.165) is 5.39 Å². The lowest BCUT2D eigenvalue weighted by atomic mass is 10.1. The molecule has 1 aromatic heterocycles. The predicted molar refractivity (Wildman–Crippen MR) is 85.3 cm³/mol. The second-order valence-electron chi connectivity index (χ2n) is 4.74. The van der Waals surface area contributed by atoms with Gasteiger partial charge in [0.05, 0.1) is 7.11 Å². The Labute approximate surface area is 131 Å². The van der Waals surface area contributed by atoms with Gasteiger partial charge in [0, 0.05) is 22.0 Å². The summed E-state index contributed by atoms with van der Waals surface area (Å²) in [4.78, 5) is 12.2. The largest absolute Gasteiger partial charge is 0.493 e. The van der Waals surface area contributed by atoms with E-state index in [2.05, 4.69) is 0 Å². The maximum atomic E-state index is 12.2. The highest BCUT2D eigenvalue weighted by Gasteiger charge is 2.15. The van der Waals surface area contributed by atoms with Crippen molar-refractivity contribution in [1.29, 1.82) is 0 Å². The maximum Gasteiger partial charge on any atom is 0.379 e. The standard InChI is InChI=1S/C17H13ClO4/c1-10-12-5-3-4-6-13(12)22-17(19)16(10)21-14-8-7-11(18)9-15(14)20-2/h3-9H,1-2H3. The second kappa shape index (κ2) is 5.73. The maximum absolute atomic E-state index is 12.2. The van der Waals surface area contributed by atoms with Gasteiger partial charge >= 0.3 is 5.63 Å². The molecule has 0 radical (unpaired) electrons. The number of ether oxygens (including phenoxy) is 2. The number of hydrogen-bond acceptors (Lipinski definition) is 4. The van der Waals surface area contributed by atoms with Crippen LogP contribution in [0.4, 0.5) is 0 Å². The van der Waals surface area contributed by atoms with Crippen LogP contribution in [0.25, 0.3) is 11.0 Å². The highest BCUT2D eigenvalue weighted by atomic mass is 35.5. The normalized spacial score (nSPS) is 10.7. The Morgan fingerprint density at radius 1 is 1.09 bits per heavy atom. The third kappa shape index (κ3) is 2.53. The third-order valence-corrected chi connectivity index (χ3v) is 3.59. The molecule has 5 heteroatoms. The predicted octanol–water partition coefficient (Wildman–Crippen LogP) is 4.56. The number of halogens is 1. The van der Waals surface area contributed by atoms with E-state index in [9.17, 15) is 4.79 Å². The number of hydrogen-bond donors (Lipinski definition) is 0. The van der Waals surface area contributed by atoms with Crippen molar-refractivity contribution in [3.8, 4) is 17.2 Å².